The number of likely N-dealkylation sites (tertiary alicyclic amines) is 1. The van der Waals surface area contributed by atoms with Crippen LogP contribution in [0.25, 0.3) is 0 Å². The van der Waals surface area contributed by atoms with E-state index in [0.717, 1.165) is 5.56 Å². The molecule has 10 heteroatoms. The molecule has 37 heavy (non-hydrogen) atoms. The molecule has 0 saturated carbocycles. The van der Waals surface area contributed by atoms with Crippen molar-refractivity contribution in [3.05, 3.63) is 64.4 Å². The first-order valence-electron chi connectivity index (χ1n) is 12.3. The molecule has 0 aliphatic carbocycles. The number of nitrogens with two attached hydrogens (primary N) is 1. The zero-order chi connectivity index (χ0) is 27.1. The number of amides is 2. The second-order valence-electron chi connectivity index (χ2n) is 9.63. The van der Waals surface area contributed by atoms with Gasteiger partial charge >= 0.3 is 5.97 Å². The highest BCUT2D eigenvalue weighted by Gasteiger charge is 2.34. The van der Waals surface area contributed by atoms with Gasteiger partial charge in [-0.3, -0.25) is 9.59 Å². The summed E-state index contributed by atoms with van der Waals surface area (Å²) < 4.78 is 19.6. The highest BCUT2D eigenvalue weighted by Crippen LogP contribution is 2.22. The van der Waals surface area contributed by atoms with Crippen molar-refractivity contribution < 1.29 is 28.6 Å². The van der Waals surface area contributed by atoms with Gasteiger partial charge in [-0.25, -0.2) is 9.18 Å². The Morgan fingerprint density at radius 3 is 2.57 bits per heavy atom. The summed E-state index contributed by atoms with van der Waals surface area (Å²) in [5.74, 6) is -1.72. The smallest absolute Gasteiger partial charge is 0.345 e. The Morgan fingerprint density at radius 2 is 1.92 bits per heavy atom. The molecule has 2 aromatic rings. The predicted molar refractivity (Wildman–Crippen MR) is 138 cm³/mol. The normalized spacial score (nSPS) is 16.9. The SMILES string of the molecule is CC(C)[C@@H](Oc1ccc(CNC(=O)[C@@H]2CCCN2C(=O)CC(N)Cc2cc(Cl)ccc2F)cc1)C(=O)O. The molecular weight excluding hydrogens is 501 g/mol. The summed E-state index contributed by atoms with van der Waals surface area (Å²) in [6, 6.07) is 9.85. The average molecular weight is 534 g/mol. The molecule has 1 heterocycles. The van der Waals surface area contributed by atoms with Crippen LogP contribution in [0.4, 0.5) is 4.39 Å². The molecule has 2 aromatic carbocycles. The fraction of sp³-hybridized carbons (Fsp3) is 0.444. The molecule has 3 rings (SSSR count). The summed E-state index contributed by atoms with van der Waals surface area (Å²) in [6.07, 6.45) is 0.454. The number of aliphatic carboxylic acids is 1. The minimum absolute atomic E-state index is 0.00902. The van der Waals surface area contributed by atoms with E-state index in [9.17, 15) is 23.9 Å². The first kappa shape index (κ1) is 28.4. The monoisotopic (exact) mass is 533 g/mol. The number of hydrogen-bond acceptors (Lipinski definition) is 5. The first-order valence-corrected chi connectivity index (χ1v) is 12.7. The van der Waals surface area contributed by atoms with Gasteiger partial charge in [0.2, 0.25) is 11.8 Å². The Hall–Kier alpha value is -3.17. The molecule has 1 saturated heterocycles. The lowest BCUT2D eigenvalue weighted by molar-refractivity contribution is -0.147. The van der Waals surface area contributed by atoms with Gasteiger partial charge < -0.3 is 25.8 Å². The Bertz CT molecular complexity index is 1110. The predicted octanol–water partition coefficient (Wildman–Crippen LogP) is 3.53. The van der Waals surface area contributed by atoms with Crippen molar-refractivity contribution in [2.24, 2.45) is 11.7 Å². The van der Waals surface area contributed by atoms with Gasteiger partial charge in [-0.05, 0) is 60.7 Å². The summed E-state index contributed by atoms with van der Waals surface area (Å²) >= 11 is 5.93. The van der Waals surface area contributed by atoms with E-state index in [2.05, 4.69) is 5.32 Å². The number of carboxylic acid groups (broad SMARTS) is 1. The fourth-order valence-electron chi connectivity index (χ4n) is 4.34. The van der Waals surface area contributed by atoms with Gasteiger partial charge in [-0.1, -0.05) is 37.6 Å². The maximum Gasteiger partial charge on any atom is 0.345 e. The van der Waals surface area contributed by atoms with Gasteiger partial charge in [0.05, 0.1) is 0 Å². The van der Waals surface area contributed by atoms with Gasteiger partial charge in [0, 0.05) is 36.5 Å². The van der Waals surface area contributed by atoms with Crippen LogP contribution in [0.2, 0.25) is 5.02 Å². The number of hydrogen-bond donors (Lipinski definition) is 3. The van der Waals surface area contributed by atoms with Crippen molar-refractivity contribution in [1.82, 2.24) is 10.2 Å². The summed E-state index contributed by atoms with van der Waals surface area (Å²) in [6.45, 7) is 4.25. The van der Waals surface area contributed by atoms with E-state index in [1.54, 1.807) is 43.0 Å². The van der Waals surface area contributed by atoms with Crippen molar-refractivity contribution in [2.75, 3.05) is 6.54 Å². The van der Waals surface area contributed by atoms with E-state index >= 15 is 0 Å². The van der Waals surface area contributed by atoms with Gasteiger partial charge in [-0.2, -0.15) is 0 Å². The summed E-state index contributed by atoms with van der Waals surface area (Å²) in [7, 11) is 0. The number of nitrogens with one attached hydrogen (secondary N) is 1. The van der Waals surface area contributed by atoms with E-state index in [0.29, 0.717) is 35.7 Å². The molecule has 8 nitrogen and oxygen atoms in total. The van der Waals surface area contributed by atoms with Gasteiger partial charge in [-0.15, -0.1) is 0 Å². The van der Waals surface area contributed by atoms with Crippen LogP contribution >= 0.6 is 11.6 Å². The van der Waals surface area contributed by atoms with Crippen LogP contribution < -0.4 is 15.8 Å². The van der Waals surface area contributed by atoms with Crippen LogP contribution in [0.3, 0.4) is 0 Å². The molecule has 3 atom stereocenters. The molecule has 4 N–H and O–H groups in total. The first-order chi connectivity index (χ1) is 17.5. The molecule has 0 spiro atoms. The van der Waals surface area contributed by atoms with Gasteiger partial charge in [0.25, 0.3) is 0 Å². The van der Waals surface area contributed by atoms with Crippen molar-refractivity contribution in [3.63, 3.8) is 0 Å². The molecule has 0 aromatic heterocycles. The Balaban J connectivity index is 1.51. The minimum Gasteiger partial charge on any atom is -0.478 e. The topological polar surface area (TPSA) is 122 Å². The number of carboxylic acids is 1. The van der Waals surface area contributed by atoms with Crippen molar-refractivity contribution in [1.29, 1.82) is 0 Å². The lowest BCUT2D eigenvalue weighted by Crippen LogP contribution is -2.47. The lowest BCUT2D eigenvalue weighted by Gasteiger charge is -2.25. The molecule has 1 fully saturated rings. The average Bonchev–Trinajstić information content (AvgIpc) is 3.34. The zero-order valence-electron chi connectivity index (χ0n) is 21.0. The summed E-state index contributed by atoms with van der Waals surface area (Å²) in [4.78, 5) is 38.6. The van der Waals surface area contributed by atoms with Crippen LogP contribution in [0.1, 0.15) is 44.2 Å². The quantitative estimate of drug-likeness (QED) is 0.406. The second kappa shape index (κ2) is 12.9. The number of carbonyl (C=O) groups excluding carboxylic acids is 2. The summed E-state index contributed by atoms with van der Waals surface area (Å²) in [5.41, 5.74) is 7.28. The third-order valence-electron chi connectivity index (χ3n) is 6.30. The molecule has 1 aliphatic heterocycles. The minimum atomic E-state index is -1.03. The van der Waals surface area contributed by atoms with E-state index in [1.807, 2.05) is 0 Å². The standard InChI is InChI=1S/C27H33ClFN3O5/c1-16(2)25(27(35)36)37-21-8-5-17(6-9-21)15-31-26(34)23-4-3-11-32(23)24(33)14-20(30)13-18-12-19(28)7-10-22(18)29/h5-10,12,16,20,23,25H,3-4,11,13-15,30H2,1-2H3,(H,31,34)(H,35,36)/t20?,23-,25+/m0/s1. The van der Waals surface area contributed by atoms with Crippen molar-refractivity contribution in [3.8, 4) is 5.75 Å². The number of rotatable bonds is 11. The van der Waals surface area contributed by atoms with Gasteiger partial charge in [0.15, 0.2) is 6.10 Å². The van der Waals surface area contributed by atoms with E-state index in [4.69, 9.17) is 22.1 Å². The van der Waals surface area contributed by atoms with E-state index in [-0.39, 0.29) is 37.1 Å². The Kier molecular flexibility index (Phi) is 9.88. The third kappa shape index (κ3) is 7.90. The van der Waals surface area contributed by atoms with Crippen LogP contribution in [-0.2, 0) is 27.3 Å². The maximum atomic E-state index is 14.0. The molecule has 1 aliphatic rings. The fourth-order valence-corrected chi connectivity index (χ4v) is 4.54. The molecule has 200 valence electrons. The molecule has 2 amide bonds. The van der Waals surface area contributed by atoms with E-state index in [1.165, 1.54) is 18.2 Å². The van der Waals surface area contributed by atoms with Gasteiger partial charge in [0.1, 0.15) is 17.6 Å². The van der Waals surface area contributed by atoms with Crippen molar-refractivity contribution >= 4 is 29.4 Å². The molecular formula is C27H33ClFN3O5. The number of benzene rings is 2. The summed E-state index contributed by atoms with van der Waals surface area (Å²) in [5, 5.41) is 12.5. The van der Waals surface area contributed by atoms with Crippen LogP contribution in [0.5, 0.6) is 5.75 Å². The number of carbonyl (C=O) groups is 3. The number of halogens is 2. The lowest BCUT2D eigenvalue weighted by atomic mass is 10.0. The number of nitrogens with zero attached hydrogens (tertiary/aromatic N) is 1. The number of ether oxygens (including phenoxy) is 1. The third-order valence-corrected chi connectivity index (χ3v) is 6.54. The largest absolute Gasteiger partial charge is 0.478 e. The second-order valence-corrected chi connectivity index (χ2v) is 10.1. The molecule has 0 bridgehead atoms. The Labute approximate surface area is 220 Å². The molecule has 1 unspecified atom stereocenters. The maximum absolute atomic E-state index is 14.0. The zero-order valence-corrected chi connectivity index (χ0v) is 21.7. The van der Waals surface area contributed by atoms with Crippen LogP contribution in [0, 0.1) is 11.7 Å². The van der Waals surface area contributed by atoms with Crippen molar-refractivity contribution in [2.45, 2.75) is 64.3 Å². The highest BCUT2D eigenvalue weighted by atomic mass is 35.5. The molecule has 0 radical (unpaired) electrons. The Morgan fingerprint density at radius 1 is 1.22 bits per heavy atom. The van der Waals surface area contributed by atoms with Crippen LogP contribution in [0.15, 0.2) is 42.5 Å². The van der Waals surface area contributed by atoms with E-state index < -0.39 is 30.0 Å². The van der Waals surface area contributed by atoms with Crippen LogP contribution in [-0.4, -0.2) is 52.5 Å². The highest BCUT2D eigenvalue weighted by molar-refractivity contribution is 6.30.